The summed E-state index contributed by atoms with van der Waals surface area (Å²) in [6.45, 7) is 1.66. The van der Waals surface area contributed by atoms with Crippen molar-refractivity contribution in [3.63, 3.8) is 0 Å². The van der Waals surface area contributed by atoms with Gasteiger partial charge in [0, 0.05) is 12.6 Å². The summed E-state index contributed by atoms with van der Waals surface area (Å²) in [5.41, 5.74) is 1.78. The molecule has 0 atom stereocenters. The molecular weight excluding hydrogens is 140 g/mol. The van der Waals surface area contributed by atoms with Crippen molar-refractivity contribution in [2.45, 2.75) is 6.42 Å². The minimum absolute atomic E-state index is 0.747. The second kappa shape index (κ2) is 2.70. The molecule has 0 N–H and O–H groups in total. The maximum absolute atomic E-state index is 4.73. The summed E-state index contributed by atoms with van der Waals surface area (Å²) in [4.78, 5) is 8.86. The molecule has 0 saturated heterocycles. The van der Waals surface area contributed by atoms with Crippen LogP contribution in [-0.2, 0) is 4.84 Å². The zero-order chi connectivity index (χ0) is 7.52. The van der Waals surface area contributed by atoms with E-state index in [1.165, 1.54) is 0 Å². The van der Waals surface area contributed by atoms with Gasteiger partial charge in [-0.05, 0) is 12.1 Å². The first-order chi connectivity index (χ1) is 5.47. The van der Waals surface area contributed by atoms with Crippen LogP contribution in [0.1, 0.15) is 12.1 Å². The highest BCUT2D eigenvalue weighted by Gasteiger charge is 2.11. The summed E-state index contributed by atoms with van der Waals surface area (Å²) in [6.07, 6.45) is 2.49. The fourth-order valence-corrected chi connectivity index (χ4v) is 0.939. The van der Waals surface area contributed by atoms with Crippen LogP contribution in [0.5, 0.6) is 0 Å². The first-order valence-corrected chi connectivity index (χ1v) is 3.42. The molecular formula is C8H7N2O. The molecule has 1 radical (unpaired) electrons. The second-order valence-electron chi connectivity index (χ2n) is 2.23. The smallest absolute Gasteiger partial charge is 0.172 e. The van der Waals surface area contributed by atoms with Crippen molar-refractivity contribution in [2.24, 2.45) is 5.16 Å². The Labute approximate surface area is 64.7 Å². The number of rotatable bonds is 1. The van der Waals surface area contributed by atoms with Gasteiger partial charge in [0.2, 0.25) is 0 Å². The van der Waals surface area contributed by atoms with E-state index in [2.05, 4.69) is 10.1 Å². The molecule has 2 heterocycles. The number of oxime groups is 1. The lowest BCUT2D eigenvalue weighted by Crippen LogP contribution is -1.98. The van der Waals surface area contributed by atoms with E-state index >= 15 is 0 Å². The lowest BCUT2D eigenvalue weighted by molar-refractivity contribution is 0.234. The highest BCUT2D eigenvalue weighted by Crippen LogP contribution is 2.10. The second-order valence-corrected chi connectivity index (χ2v) is 2.23. The van der Waals surface area contributed by atoms with Crippen LogP contribution >= 0.6 is 0 Å². The third kappa shape index (κ3) is 1.22. The van der Waals surface area contributed by atoms with Crippen LogP contribution in [0.2, 0.25) is 0 Å². The highest BCUT2D eigenvalue weighted by atomic mass is 16.6. The maximum atomic E-state index is 4.73. The Morgan fingerprint density at radius 1 is 1.36 bits per heavy atom. The summed E-state index contributed by atoms with van der Waals surface area (Å²) in [5.74, 6) is 0. The fourth-order valence-electron chi connectivity index (χ4n) is 0.939. The zero-order valence-corrected chi connectivity index (χ0v) is 5.90. The van der Waals surface area contributed by atoms with Gasteiger partial charge < -0.3 is 4.84 Å². The molecule has 0 aromatic carbocycles. The molecule has 0 unspecified atom stereocenters. The van der Waals surface area contributed by atoms with Crippen LogP contribution in [0.3, 0.4) is 0 Å². The van der Waals surface area contributed by atoms with Gasteiger partial charge >= 0.3 is 0 Å². The van der Waals surface area contributed by atoms with E-state index in [1.807, 2.05) is 18.2 Å². The van der Waals surface area contributed by atoms with Gasteiger partial charge in [-0.2, -0.15) is 0 Å². The Bertz CT molecular complexity index is 269. The summed E-state index contributed by atoms with van der Waals surface area (Å²) in [7, 11) is 0. The molecule has 1 aromatic rings. The average molecular weight is 147 g/mol. The van der Waals surface area contributed by atoms with Crippen LogP contribution in [0.4, 0.5) is 0 Å². The van der Waals surface area contributed by atoms with Crippen molar-refractivity contribution < 1.29 is 4.84 Å². The van der Waals surface area contributed by atoms with Crippen LogP contribution in [0.25, 0.3) is 0 Å². The first-order valence-electron chi connectivity index (χ1n) is 3.42. The van der Waals surface area contributed by atoms with E-state index < -0.39 is 0 Å². The fraction of sp³-hybridized carbons (Fsp3) is 0.125. The van der Waals surface area contributed by atoms with Gasteiger partial charge in [0.25, 0.3) is 0 Å². The molecule has 11 heavy (non-hydrogen) atoms. The van der Waals surface area contributed by atoms with Gasteiger partial charge in [-0.3, -0.25) is 4.98 Å². The number of nitrogens with zero attached hydrogens (tertiary/aromatic N) is 2. The van der Waals surface area contributed by atoms with Crippen LogP contribution < -0.4 is 0 Å². The standard InChI is InChI=1S/C8H7N2O/c1-2-5-9-7(3-1)8-4-6-11-10-8/h1-3,5-6H,4H2. The molecule has 55 valence electrons. The molecule has 2 rings (SSSR count). The van der Waals surface area contributed by atoms with Crippen molar-refractivity contribution in [1.29, 1.82) is 0 Å². The first kappa shape index (κ1) is 6.34. The van der Waals surface area contributed by atoms with Gasteiger partial charge in [-0.15, -0.1) is 0 Å². The SMILES string of the molecule is [CH]1CC(c2ccccn2)=NO1. The number of hydrogen-bond acceptors (Lipinski definition) is 3. The molecule has 0 fully saturated rings. The molecule has 0 saturated carbocycles. The summed E-state index contributed by atoms with van der Waals surface area (Å²) >= 11 is 0. The van der Waals surface area contributed by atoms with E-state index in [9.17, 15) is 0 Å². The van der Waals surface area contributed by atoms with Crippen molar-refractivity contribution in [3.05, 3.63) is 36.7 Å². The molecule has 0 bridgehead atoms. The molecule has 1 aliphatic rings. The maximum Gasteiger partial charge on any atom is 0.172 e. The third-order valence-corrected chi connectivity index (χ3v) is 1.47. The average Bonchev–Trinajstić information content (AvgIpc) is 2.58. The minimum atomic E-state index is 0.747. The number of aromatic nitrogens is 1. The molecule has 3 nitrogen and oxygen atoms in total. The zero-order valence-electron chi connectivity index (χ0n) is 5.90. The topological polar surface area (TPSA) is 34.5 Å². The van der Waals surface area contributed by atoms with Crippen molar-refractivity contribution in [2.75, 3.05) is 0 Å². The van der Waals surface area contributed by atoms with Gasteiger partial charge in [-0.25, -0.2) is 0 Å². The van der Waals surface area contributed by atoms with Gasteiger partial charge in [0.05, 0.1) is 5.69 Å². The minimum Gasteiger partial charge on any atom is -0.388 e. The lowest BCUT2D eigenvalue weighted by Gasteiger charge is -1.93. The van der Waals surface area contributed by atoms with Crippen LogP contribution in [0, 0.1) is 6.61 Å². The van der Waals surface area contributed by atoms with Crippen molar-refractivity contribution in [3.8, 4) is 0 Å². The van der Waals surface area contributed by atoms with Crippen LogP contribution in [0.15, 0.2) is 29.6 Å². The van der Waals surface area contributed by atoms with Gasteiger partial charge in [-0.1, -0.05) is 11.2 Å². The predicted octanol–water partition coefficient (Wildman–Crippen LogP) is 1.37. The van der Waals surface area contributed by atoms with E-state index in [0.29, 0.717) is 0 Å². The Kier molecular flexibility index (Phi) is 1.55. The highest BCUT2D eigenvalue weighted by molar-refractivity contribution is 5.99. The predicted molar refractivity (Wildman–Crippen MR) is 40.8 cm³/mol. The normalized spacial score (nSPS) is 15.8. The summed E-state index contributed by atoms with van der Waals surface area (Å²) in [6, 6.07) is 5.73. The Hall–Kier alpha value is -1.38. The number of pyridine rings is 1. The van der Waals surface area contributed by atoms with E-state index in [0.717, 1.165) is 17.8 Å². The van der Waals surface area contributed by atoms with E-state index in [-0.39, 0.29) is 0 Å². The van der Waals surface area contributed by atoms with Crippen LogP contribution in [-0.4, -0.2) is 10.7 Å². The molecule has 0 spiro atoms. The summed E-state index contributed by atoms with van der Waals surface area (Å²) < 4.78 is 0. The van der Waals surface area contributed by atoms with E-state index in [4.69, 9.17) is 4.84 Å². The Balaban J connectivity index is 2.29. The van der Waals surface area contributed by atoms with Crippen molar-refractivity contribution >= 4 is 5.71 Å². The molecule has 0 aliphatic carbocycles. The molecule has 0 amide bonds. The largest absolute Gasteiger partial charge is 0.388 e. The quantitative estimate of drug-likeness (QED) is 0.601. The number of hydrogen-bond donors (Lipinski definition) is 0. The summed E-state index contributed by atoms with van der Waals surface area (Å²) in [5, 5.41) is 3.80. The Morgan fingerprint density at radius 3 is 3.00 bits per heavy atom. The van der Waals surface area contributed by atoms with E-state index in [1.54, 1.807) is 12.8 Å². The van der Waals surface area contributed by atoms with Gasteiger partial charge in [0.1, 0.15) is 5.71 Å². The Morgan fingerprint density at radius 2 is 2.36 bits per heavy atom. The molecule has 1 aliphatic heterocycles. The molecule has 1 aromatic heterocycles. The van der Waals surface area contributed by atoms with Crippen molar-refractivity contribution in [1.82, 2.24) is 4.98 Å². The third-order valence-electron chi connectivity index (χ3n) is 1.47. The monoisotopic (exact) mass is 147 g/mol. The lowest BCUT2D eigenvalue weighted by atomic mass is 10.2. The molecule has 3 heteroatoms. The van der Waals surface area contributed by atoms with Gasteiger partial charge in [0.15, 0.2) is 6.61 Å².